The minimum absolute atomic E-state index is 0.203. The fourth-order valence-electron chi connectivity index (χ4n) is 2.24. The van der Waals surface area contributed by atoms with E-state index in [0.29, 0.717) is 0 Å². The van der Waals surface area contributed by atoms with E-state index < -0.39 is 5.60 Å². The van der Waals surface area contributed by atoms with Crippen molar-refractivity contribution in [1.29, 1.82) is 0 Å². The first-order chi connectivity index (χ1) is 11.3. The lowest BCUT2D eigenvalue weighted by atomic mass is 10.1. The number of nitrogens with zero attached hydrogens (tertiary/aromatic N) is 1. The smallest absolute Gasteiger partial charge is 0.407 e. The average molecular weight is 417 g/mol. The maximum absolute atomic E-state index is 11.8. The number of ether oxygens (including phenoxy) is 1. The lowest BCUT2D eigenvalue weighted by Crippen LogP contribution is -2.44. The number of carbonyl (C=O) groups excluding carboxylic acids is 1. The summed E-state index contributed by atoms with van der Waals surface area (Å²) < 4.78 is 8.74. The summed E-state index contributed by atoms with van der Waals surface area (Å²) in [6.45, 7) is 11.5. The van der Waals surface area contributed by atoms with Crippen molar-refractivity contribution in [3.05, 3.63) is 28.7 Å². The molecule has 1 aliphatic rings. The molecule has 0 saturated carbocycles. The number of nitrogens with one attached hydrogen (secondary N) is 1. The molecule has 0 aromatic heterocycles. The normalized spacial score (nSPS) is 16.1. The molecule has 0 radical (unpaired) electrons. The third kappa shape index (κ3) is 8.40. The van der Waals surface area contributed by atoms with E-state index in [2.05, 4.69) is 37.7 Å². The van der Waals surface area contributed by atoms with Gasteiger partial charge >= 0.3 is 6.09 Å². The van der Waals surface area contributed by atoms with Gasteiger partial charge in [0, 0.05) is 28.5 Å². The summed E-state index contributed by atoms with van der Waals surface area (Å²) in [6.07, 6.45) is 1.58. The van der Waals surface area contributed by atoms with E-state index >= 15 is 0 Å². The monoisotopic (exact) mass is 416 g/mol. The molecule has 136 valence electrons. The number of piperidine rings is 1. The Balaban J connectivity index is 0.00000139. The Hall–Kier alpha value is -0.720. The summed E-state index contributed by atoms with van der Waals surface area (Å²) in [6, 6.07) is 8.51. The van der Waals surface area contributed by atoms with Crippen LogP contribution in [-0.2, 0) is 4.74 Å². The molecule has 1 fully saturated rings. The average Bonchev–Trinajstić information content (AvgIpc) is 2.49. The van der Waals surface area contributed by atoms with Gasteiger partial charge in [-0.3, -0.25) is 0 Å². The van der Waals surface area contributed by atoms with Gasteiger partial charge in [-0.15, -0.1) is 0 Å². The van der Waals surface area contributed by atoms with Gasteiger partial charge < -0.3 is 10.1 Å². The predicted molar refractivity (Wildman–Crippen MR) is 105 cm³/mol. The molecule has 1 aliphatic heterocycles. The summed E-state index contributed by atoms with van der Waals surface area (Å²) in [5, 5.41) is 2.96. The van der Waals surface area contributed by atoms with Gasteiger partial charge in [0.1, 0.15) is 5.60 Å². The first-order valence-electron chi connectivity index (χ1n) is 8.50. The Labute approximate surface area is 159 Å². The minimum atomic E-state index is -0.443. The first kappa shape index (κ1) is 21.3. The molecule has 6 heteroatoms. The van der Waals surface area contributed by atoms with E-state index in [1.54, 1.807) is 11.9 Å². The number of hydrogen-bond acceptors (Lipinski definition) is 4. The zero-order valence-electron chi connectivity index (χ0n) is 15.3. The van der Waals surface area contributed by atoms with Crippen LogP contribution in [0.5, 0.6) is 0 Å². The molecule has 1 saturated heterocycles. The molecule has 1 aromatic rings. The Bertz CT molecular complexity index is 512. The van der Waals surface area contributed by atoms with Crippen LogP contribution in [0, 0.1) is 0 Å². The zero-order valence-corrected chi connectivity index (χ0v) is 17.7. The second-order valence-electron chi connectivity index (χ2n) is 6.40. The quantitative estimate of drug-likeness (QED) is 0.662. The molecule has 0 aliphatic carbocycles. The third-order valence-electron chi connectivity index (χ3n) is 3.21. The summed E-state index contributed by atoms with van der Waals surface area (Å²) in [5.74, 6) is 0. The van der Waals surface area contributed by atoms with E-state index in [-0.39, 0.29) is 12.1 Å². The van der Waals surface area contributed by atoms with Gasteiger partial charge in [-0.05, 0) is 63.8 Å². The van der Waals surface area contributed by atoms with E-state index in [0.717, 1.165) is 30.4 Å². The number of amides is 1. The van der Waals surface area contributed by atoms with E-state index in [1.807, 2.05) is 46.8 Å². The summed E-state index contributed by atoms with van der Waals surface area (Å²) in [4.78, 5) is 13.0. The van der Waals surface area contributed by atoms with E-state index in [4.69, 9.17) is 4.74 Å². The van der Waals surface area contributed by atoms with Gasteiger partial charge in [-0.2, -0.15) is 0 Å². The molecule has 1 N–H and O–H groups in total. The Morgan fingerprint density at radius 2 is 1.92 bits per heavy atom. The van der Waals surface area contributed by atoms with Crippen LogP contribution in [0.25, 0.3) is 0 Å². The maximum atomic E-state index is 11.8. The van der Waals surface area contributed by atoms with Gasteiger partial charge in [0.15, 0.2) is 0 Å². The molecule has 4 nitrogen and oxygen atoms in total. The number of rotatable bonds is 3. The van der Waals surface area contributed by atoms with Crippen molar-refractivity contribution in [2.24, 2.45) is 0 Å². The van der Waals surface area contributed by atoms with Crippen molar-refractivity contribution < 1.29 is 9.53 Å². The molecule has 0 spiro atoms. The Morgan fingerprint density at radius 1 is 1.29 bits per heavy atom. The second-order valence-corrected chi connectivity index (χ2v) is 8.48. The molecule has 1 amide bonds. The van der Waals surface area contributed by atoms with Crippen LogP contribution in [0.1, 0.15) is 47.5 Å². The number of halogens is 1. The zero-order chi connectivity index (χ0) is 18.2. The Morgan fingerprint density at radius 3 is 2.46 bits per heavy atom. The largest absolute Gasteiger partial charge is 0.444 e. The van der Waals surface area contributed by atoms with Crippen LogP contribution < -0.4 is 5.32 Å². The van der Waals surface area contributed by atoms with Crippen LogP contribution in [0.4, 0.5) is 4.79 Å². The maximum Gasteiger partial charge on any atom is 0.407 e. The van der Waals surface area contributed by atoms with E-state index in [1.165, 1.54) is 4.90 Å². The number of benzene rings is 1. The van der Waals surface area contributed by atoms with Crippen LogP contribution in [0.2, 0.25) is 0 Å². The molecule has 0 bridgehead atoms. The standard InChI is InChI=1S/C16H23BrN2O2S.C2H6/c1-16(2,3)21-15(20)18-13-7-9-19(10-8-13)22-14-6-4-5-12(17)11-14;1-2/h4-6,11,13H,7-10H2,1-3H3,(H,18,20);1-2H3. The van der Waals surface area contributed by atoms with E-state index in [9.17, 15) is 4.79 Å². The van der Waals surface area contributed by atoms with Crippen LogP contribution in [0.15, 0.2) is 33.6 Å². The Kier molecular flexibility index (Phi) is 9.16. The fourth-order valence-corrected chi connectivity index (χ4v) is 3.80. The van der Waals surface area contributed by atoms with Crippen molar-refractivity contribution >= 4 is 34.0 Å². The third-order valence-corrected chi connectivity index (χ3v) is 4.79. The van der Waals surface area contributed by atoms with Crippen molar-refractivity contribution in [2.75, 3.05) is 13.1 Å². The summed E-state index contributed by atoms with van der Waals surface area (Å²) in [7, 11) is 0. The molecule has 2 rings (SSSR count). The number of hydrogen-bond donors (Lipinski definition) is 1. The van der Waals surface area contributed by atoms with Gasteiger partial charge in [0.05, 0.1) is 0 Å². The second kappa shape index (κ2) is 10.3. The van der Waals surface area contributed by atoms with Crippen LogP contribution in [-0.4, -0.2) is 35.1 Å². The summed E-state index contributed by atoms with van der Waals surface area (Å²) >= 11 is 5.26. The highest BCUT2D eigenvalue weighted by atomic mass is 79.9. The number of alkyl carbamates (subject to hydrolysis) is 1. The SMILES string of the molecule is CC.CC(C)(C)OC(=O)NC1CCN(Sc2cccc(Br)c2)CC1. The highest BCUT2D eigenvalue weighted by Gasteiger charge is 2.24. The topological polar surface area (TPSA) is 41.6 Å². The lowest BCUT2D eigenvalue weighted by molar-refractivity contribution is 0.0490. The molecule has 0 atom stereocenters. The van der Waals surface area contributed by atoms with Crippen LogP contribution >= 0.6 is 27.9 Å². The molecular weight excluding hydrogens is 388 g/mol. The van der Waals surface area contributed by atoms with Crippen molar-refractivity contribution in [3.63, 3.8) is 0 Å². The molecule has 0 unspecified atom stereocenters. The highest BCUT2D eigenvalue weighted by molar-refractivity contribution is 9.10. The van der Waals surface area contributed by atoms with Crippen molar-refractivity contribution in [3.8, 4) is 0 Å². The summed E-state index contributed by atoms with van der Waals surface area (Å²) in [5.41, 5.74) is -0.443. The highest BCUT2D eigenvalue weighted by Crippen LogP contribution is 2.28. The van der Waals surface area contributed by atoms with Crippen LogP contribution in [0.3, 0.4) is 0 Å². The van der Waals surface area contributed by atoms with Crippen molar-refractivity contribution in [2.45, 2.75) is 64.0 Å². The van der Waals surface area contributed by atoms with Gasteiger partial charge in [-0.1, -0.05) is 35.8 Å². The molecule has 1 aromatic carbocycles. The molecule has 24 heavy (non-hydrogen) atoms. The van der Waals surface area contributed by atoms with Gasteiger partial charge in [0.25, 0.3) is 0 Å². The van der Waals surface area contributed by atoms with Gasteiger partial charge in [-0.25, -0.2) is 9.10 Å². The first-order valence-corrected chi connectivity index (χ1v) is 10.1. The van der Waals surface area contributed by atoms with Gasteiger partial charge in [0.2, 0.25) is 0 Å². The minimum Gasteiger partial charge on any atom is -0.444 e. The fraction of sp³-hybridized carbons (Fsp3) is 0.611. The predicted octanol–water partition coefficient (Wildman–Crippen LogP) is 5.47. The van der Waals surface area contributed by atoms with Crippen molar-refractivity contribution in [1.82, 2.24) is 9.62 Å². The molecule has 1 heterocycles. The lowest BCUT2D eigenvalue weighted by Gasteiger charge is -2.32. The molecular formula is C18H29BrN2O2S. The number of carbonyl (C=O) groups is 1.